The van der Waals surface area contributed by atoms with Crippen LogP contribution in [-0.2, 0) is 17.1 Å². The minimum atomic E-state index is -3.83. The summed E-state index contributed by atoms with van der Waals surface area (Å²) in [6.07, 6.45) is 3.29. The summed E-state index contributed by atoms with van der Waals surface area (Å²) < 4.78 is 40.7. The van der Waals surface area contributed by atoms with E-state index in [4.69, 9.17) is 21.1 Å². The lowest BCUT2D eigenvalue weighted by Crippen LogP contribution is -2.13. The summed E-state index contributed by atoms with van der Waals surface area (Å²) in [6, 6.07) is 12.1. The minimum absolute atomic E-state index is 0.195. The smallest absolute Gasteiger partial charge is 0.268 e. The number of benzene rings is 2. The molecule has 0 amide bonds. The Morgan fingerprint density at radius 2 is 1.57 bits per heavy atom. The maximum atomic E-state index is 13.4. The Hall–Kier alpha value is -2.90. The van der Waals surface area contributed by atoms with Crippen LogP contribution >= 0.6 is 11.6 Å². The largest absolute Gasteiger partial charge is 0.493 e. The van der Waals surface area contributed by atoms with E-state index in [0.717, 1.165) is 22.0 Å². The van der Waals surface area contributed by atoms with E-state index in [0.29, 0.717) is 22.2 Å². The van der Waals surface area contributed by atoms with Crippen LogP contribution in [0.15, 0.2) is 59.8 Å². The standard InChI is InChI=1S/C22H21ClN2O4S/c1-14-5-7-16(8-6-14)30(26,27)25-12-15(23)9-20(25)18-13-24(2)19-11-22(29-4)21(28-3)10-17(18)19/h5-13H,1-4H3. The zero-order valence-electron chi connectivity index (χ0n) is 17.0. The third-order valence-corrected chi connectivity index (χ3v) is 7.00. The average molecular weight is 445 g/mol. The topological polar surface area (TPSA) is 62.5 Å². The quantitative estimate of drug-likeness (QED) is 0.441. The van der Waals surface area contributed by atoms with E-state index in [2.05, 4.69) is 0 Å². The van der Waals surface area contributed by atoms with E-state index in [1.807, 2.05) is 36.9 Å². The van der Waals surface area contributed by atoms with Crippen molar-refractivity contribution in [2.45, 2.75) is 11.8 Å². The fourth-order valence-electron chi connectivity index (χ4n) is 3.54. The summed E-state index contributed by atoms with van der Waals surface area (Å²) in [5.74, 6) is 1.15. The van der Waals surface area contributed by atoms with Gasteiger partial charge >= 0.3 is 0 Å². The Kier molecular flexibility index (Phi) is 5.03. The third kappa shape index (κ3) is 3.24. The summed E-state index contributed by atoms with van der Waals surface area (Å²) in [4.78, 5) is 0.195. The van der Waals surface area contributed by atoms with Gasteiger partial charge in [-0.2, -0.15) is 0 Å². The lowest BCUT2D eigenvalue weighted by Gasteiger charge is -2.11. The van der Waals surface area contributed by atoms with Crippen molar-refractivity contribution in [2.24, 2.45) is 7.05 Å². The van der Waals surface area contributed by atoms with Gasteiger partial charge in [-0.05, 0) is 31.2 Å². The molecule has 0 aliphatic carbocycles. The van der Waals surface area contributed by atoms with Gasteiger partial charge in [0.05, 0.1) is 35.3 Å². The Bertz CT molecular complexity index is 1350. The highest BCUT2D eigenvalue weighted by Gasteiger charge is 2.24. The number of methoxy groups -OCH3 is 2. The lowest BCUT2D eigenvalue weighted by atomic mass is 10.1. The lowest BCUT2D eigenvalue weighted by molar-refractivity contribution is 0.355. The SMILES string of the molecule is COc1cc2c(-c3cc(Cl)cn3S(=O)(=O)c3ccc(C)cc3)cn(C)c2cc1OC. The number of hydrogen-bond acceptors (Lipinski definition) is 4. The molecule has 4 aromatic rings. The van der Waals surface area contributed by atoms with Crippen LogP contribution in [0.3, 0.4) is 0 Å². The number of aryl methyl sites for hydroxylation is 2. The molecule has 8 heteroatoms. The number of aromatic nitrogens is 2. The number of nitrogens with zero attached hydrogens (tertiary/aromatic N) is 2. The van der Waals surface area contributed by atoms with Crippen LogP contribution in [0, 0.1) is 6.92 Å². The van der Waals surface area contributed by atoms with Crippen molar-refractivity contribution in [3.05, 3.63) is 65.4 Å². The highest BCUT2D eigenvalue weighted by Crippen LogP contribution is 2.39. The van der Waals surface area contributed by atoms with E-state index in [1.165, 1.54) is 10.2 Å². The first-order valence-corrected chi connectivity index (χ1v) is 11.0. The van der Waals surface area contributed by atoms with Crippen LogP contribution in [0.25, 0.3) is 22.2 Å². The molecule has 2 aromatic carbocycles. The van der Waals surface area contributed by atoms with Gasteiger partial charge in [0, 0.05) is 36.5 Å². The van der Waals surface area contributed by atoms with Gasteiger partial charge < -0.3 is 14.0 Å². The summed E-state index contributed by atoms with van der Waals surface area (Å²) in [7, 11) is 1.19. The fraction of sp³-hybridized carbons (Fsp3) is 0.182. The molecular formula is C22H21ClN2O4S. The molecule has 2 aromatic heterocycles. The Morgan fingerprint density at radius 1 is 0.933 bits per heavy atom. The van der Waals surface area contributed by atoms with Crippen molar-refractivity contribution in [3.63, 3.8) is 0 Å². The summed E-state index contributed by atoms with van der Waals surface area (Å²) >= 11 is 6.26. The molecule has 2 heterocycles. The van der Waals surface area contributed by atoms with Crippen molar-refractivity contribution in [1.29, 1.82) is 0 Å². The van der Waals surface area contributed by atoms with E-state index in [9.17, 15) is 8.42 Å². The molecule has 0 radical (unpaired) electrons. The molecule has 0 bridgehead atoms. The predicted molar refractivity (Wildman–Crippen MR) is 118 cm³/mol. The molecule has 0 spiro atoms. The molecule has 0 saturated heterocycles. The molecule has 0 N–H and O–H groups in total. The molecule has 0 aliphatic rings. The van der Waals surface area contributed by atoms with Crippen molar-refractivity contribution in [3.8, 4) is 22.8 Å². The first kappa shape index (κ1) is 20.4. The summed E-state index contributed by atoms with van der Waals surface area (Å²) in [5.41, 5.74) is 3.04. The molecule has 6 nitrogen and oxygen atoms in total. The highest BCUT2D eigenvalue weighted by molar-refractivity contribution is 7.90. The molecule has 4 rings (SSSR count). The van der Waals surface area contributed by atoms with Crippen molar-refractivity contribution < 1.29 is 17.9 Å². The van der Waals surface area contributed by atoms with Crippen LogP contribution in [0.1, 0.15) is 5.56 Å². The van der Waals surface area contributed by atoms with E-state index in [-0.39, 0.29) is 4.90 Å². The Morgan fingerprint density at radius 3 is 2.20 bits per heavy atom. The molecule has 0 unspecified atom stereocenters. The highest BCUT2D eigenvalue weighted by atomic mass is 35.5. The fourth-order valence-corrected chi connectivity index (χ4v) is 5.17. The summed E-state index contributed by atoms with van der Waals surface area (Å²) in [6.45, 7) is 1.91. The molecule has 0 saturated carbocycles. The molecular weight excluding hydrogens is 424 g/mol. The van der Waals surface area contributed by atoms with Crippen LogP contribution in [-0.4, -0.2) is 31.2 Å². The summed E-state index contributed by atoms with van der Waals surface area (Å²) in [5, 5.41) is 1.16. The van der Waals surface area contributed by atoms with Crippen molar-refractivity contribution in [1.82, 2.24) is 8.54 Å². The maximum absolute atomic E-state index is 13.4. The number of hydrogen-bond donors (Lipinski definition) is 0. The normalized spacial score (nSPS) is 11.8. The van der Waals surface area contributed by atoms with Crippen molar-refractivity contribution >= 4 is 32.5 Å². The van der Waals surface area contributed by atoms with Crippen LogP contribution in [0.4, 0.5) is 0 Å². The van der Waals surface area contributed by atoms with E-state index in [1.54, 1.807) is 44.6 Å². The minimum Gasteiger partial charge on any atom is -0.493 e. The molecule has 0 fully saturated rings. The van der Waals surface area contributed by atoms with Gasteiger partial charge in [-0.1, -0.05) is 29.3 Å². The number of halogens is 1. The maximum Gasteiger partial charge on any atom is 0.268 e. The van der Waals surface area contributed by atoms with Gasteiger partial charge in [-0.3, -0.25) is 0 Å². The van der Waals surface area contributed by atoms with E-state index >= 15 is 0 Å². The van der Waals surface area contributed by atoms with Gasteiger partial charge in [0.1, 0.15) is 0 Å². The molecule has 156 valence electrons. The number of rotatable bonds is 5. The zero-order valence-corrected chi connectivity index (χ0v) is 18.6. The Balaban J connectivity index is 1.97. The molecule has 0 atom stereocenters. The molecule has 30 heavy (non-hydrogen) atoms. The zero-order chi connectivity index (χ0) is 21.6. The first-order chi connectivity index (χ1) is 14.3. The predicted octanol–water partition coefficient (Wildman–Crippen LogP) is 4.86. The third-order valence-electron chi connectivity index (χ3n) is 5.10. The number of fused-ring (bicyclic) bond motifs is 1. The monoisotopic (exact) mass is 444 g/mol. The van der Waals surface area contributed by atoms with Crippen LogP contribution in [0.5, 0.6) is 11.5 Å². The second kappa shape index (κ2) is 7.41. The van der Waals surface area contributed by atoms with Crippen LogP contribution < -0.4 is 9.47 Å². The second-order valence-corrected chi connectivity index (χ2v) is 9.29. The van der Waals surface area contributed by atoms with Crippen LogP contribution in [0.2, 0.25) is 5.02 Å². The average Bonchev–Trinajstić information content (AvgIpc) is 3.27. The Labute approximate surface area is 180 Å². The number of ether oxygens (including phenoxy) is 2. The van der Waals surface area contributed by atoms with Gasteiger partial charge in [-0.15, -0.1) is 0 Å². The molecule has 0 aliphatic heterocycles. The van der Waals surface area contributed by atoms with E-state index < -0.39 is 10.0 Å². The van der Waals surface area contributed by atoms with Gasteiger partial charge in [0.15, 0.2) is 11.5 Å². The van der Waals surface area contributed by atoms with Gasteiger partial charge in [0.2, 0.25) is 0 Å². The van der Waals surface area contributed by atoms with Gasteiger partial charge in [0.25, 0.3) is 10.0 Å². The van der Waals surface area contributed by atoms with Crippen molar-refractivity contribution in [2.75, 3.05) is 14.2 Å². The second-order valence-electron chi connectivity index (χ2n) is 7.04. The first-order valence-electron chi connectivity index (χ1n) is 9.18. The van der Waals surface area contributed by atoms with Gasteiger partial charge in [-0.25, -0.2) is 12.4 Å².